The third kappa shape index (κ3) is 5.33. The van der Waals surface area contributed by atoms with Crippen LogP contribution in [-0.4, -0.2) is 51.2 Å². The summed E-state index contributed by atoms with van der Waals surface area (Å²) in [6.07, 6.45) is 0.807. The fourth-order valence-electron chi connectivity index (χ4n) is 1.68. The average molecular weight is 341 g/mol. The van der Waals surface area contributed by atoms with Gasteiger partial charge in [-0.1, -0.05) is 6.92 Å². The highest BCUT2D eigenvalue weighted by molar-refractivity contribution is 7.89. The predicted molar refractivity (Wildman–Crippen MR) is 87.5 cm³/mol. The van der Waals surface area contributed by atoms with Crippen molar-refractivity contribution in [1.29, 1.82) is 0 Å². The maximum atomic E-state index is 11.9. The van der Waals surface area contributed by atoms with Crippen molar-refractivity contribution in [2.24, 2.45) is 0 Å². The molecule has 0 spiro atoms. The van der Waals surface area contributed by atoms with E-state index in [1.807, 2.05) is 13.8 Å². The first-order chi connectivity index (χ1) is 10.7. The van der Waals surface area contributed by atoms with Crippen LogP contribution in [0.2, 0.25) is 0 Å². The van der Waals surface area contributed by atoms with Gasteiger partial charge in [0.2, 0.25) is 15.9 Å². The molecule has 1 atom stereocenters. The Hall–Kier alpha value is -1.93. The lowest BCUT2D eigenvalue weighted by atomic mass is 10.2. The fourth-order valence-corrected chi connectivity index (χ4v) is 2.58. The van der Waals surface area contributed by atoms with Gasteiger partial charge in [-0.15, -0.1) is 0 Å². The third-order valence-electron chi connectivity index (χ3n) is 3.32. The number of hydrogen-bond donors (Lipinski definition) is 2. The van der Waals surface area contributed by atoms with E-state index in [-0.39, 0.29) is 23.4 Å². The van der Waals surface area contributed by atoms with E-state index < -0.39 is 15.9 Å². The largest absolute Gasteiger partial charge is 0.352 e. The first kappa shape index (κ1) is 19.1. The Morgan fingerprint density at radius 3 is 2.22 bits per heavy atom. The molecular weight excluding hydrogens is 318 g/mol. The first-order valence-electron chi connectivity index (χ1n) is 7.28. The quantitative estimate of drug-likeness (QED) is 0.758. The predicted octanol–water partition coefficient (Wildman–Crippen LogP) is 0.581. The number of carbonyl (C=O) groups excluding carboxylic acids is 2. The summed E-state index contributed by atoms with van der Waals surface area (Å²) in [5, 5.41) is 5.24. The van der Waals surface area contributed by atoms with Crippen LogP contribution in [0.3, 0.4) is 0 Å². The standard InChI is InChI=1S/C15H23N3O4S/c1-5-11(2)17-14(19)10-16-15(20)12-6-8-13(9-7-12)23(21,22)18(3)4/h6-9,11H,5,10H2,1-4H3,(H,16,20)(H,17,19). The lowest BCUT2D eigenvalue weighted by Gasteiger charge is -2.13. The smallest absolute Gasteiger partial charge is 0.251 e. The molecule has 1 rings (SSSR count). The van der Waals surface area contributed by atoms with E-state index in [0.29, 0.717) is 5.56 Å². The zero-order valence-electron chi connectivity index (χ0n) is 13.8. The Balaban J connectivity index is 2.67. The van der Waals surface area contributed by atoms with Crippen molar-refractivity contribution in [3.8, 4) is 0 Å². The normalized spacial score (nSPS) is 12.7. The molecule has 7 nitrogen and oxygen atoms in total. The Bertz CT molecular complexity index is 654. The zero-order chi connectivity index (χ0) is 17.6. The van der Waals surface area contributed by atoms with Gasteiger partial charge in [0, 0.05) is 25.7 Å². The van der Waals surface area contributed by atoms with Gasteiger partial charge in [0.25, 0.3) is 5.91 Å². The molecule has 1 unspecified atom stereocenters. The molecule has 0 aliphatic rings. The highest BCUT2D eigenvalue weighted by Crippen LogP contribution is 2.13. The second kappa shape index (κ2) is 8.07. The van der Waals surface area contributed by atoms with E-state index in [4.69, 9.17) is 0 Å². The molecule has 2 amide bonds. The second-order valence-electron chi connectivity index (χ2n) is 5.37. The Labute approximate surface area is 137 Å². The number of nitrogens with one attached hydrogen (secondary N) is 2. The van der Waals surface area contributed by atoms with Crippen molar-refractivity contribution in [1.82, 2.24) is 14.9 Å². The van der Waals surface area contributed by atoms with Crippen LogP contribution in [0.15, 0.2) is 29.2 Å². The third-order valence-corrected chi connectivity index (χ3v) is 5.15. The molecule has 0 heterocycles. The van der Waals surface area contributed by atoms with Crippen molar-refractivity contribution in [3.05, 3.63) is 29.8 Å². The minimum atomic E-state index is -3.52. The van der Waals surface area contributed by atoms with E-state index in [0.717, 1.165) is 10.7 Å². The van der Waals surface area contributed by atoms with Crippen LogP contribution in [0.4, 0.5) is 0 Å². The SMILES string of the molecule is CCC(C)NC(=O)CNC(=O)c1ccc(S(=O)(=O)N(C)C)cc1. The summed E-state index contributed by atoms with van der Waals surface area (Å²) >= 11 is 0. The molecule has 23 heavy (non-hydrogen) atoms. The monoisotopic (exact) mass is 341 g/mol. The van der Waals surface area contributed by atoms with E-state index in [1.165, 1.54) is 38.4 Å². The van der Waals surface area contributed by atoms with Gasteiger partial charge in [-0.25, -0.2) is 12.7 Å². The summed E-state index contributed by atoms with van der Waals surface area (Å²) in [5.74, 6) is -0.697. The molecular formula is C15H23N3O4S. The van der Waals surface area contributed by atoms with Gasteiger partial charge in [-0.3, -0.25) is 9.59 Å². The van der Waals surface area contributed by atoms with Crippen molar-refractivity contribution < 1.29 is 18.0 Å². The first-order valence-corrected chi connectivity index (χ1v) is 8.72. The highest BCUT2D eigenvalue weighted by Gasteiger charge is 2.17. The summed E-state index contributed by atoms with van der Waals surface area (Å²) in [6, 6.07) is 5.61. The minimum absolute atomic E-state index is 0.0509. The number of nitrogens with zero attached hydrogens (tertiary/aromatic N) is 1. The number of carbonyl (C=O) groups is 2. The summed E-state index contributed by atoms with van der Waals surface area (Å²) in [6.45, 7) is 3.71. The number of rotatable bonds is 7. The molecule has 1 aromatic rings. The van der Waals surface area contributed by atoms with E-state index in [9.17, 15) is 18.0 Å². The highest BCUT2D eigenvalue weighted by atomic mass is 32.2. The van der Waals surface area contributed by atoms with Crippen LogP contribution in [0.25, 0.3) is 0 Å². The van der Waals surface area contributed by atoms with Crippen molar-refractivity contribution >= 4 is 21.8 Å². The number of hydrogen-bond acceptors (Lipinski definition) is 4. The molecule has 0 fully saturated rings. The summed E-state index contributed by atoms with van der Waals surface area (Å²) in [4.78, 5) is 23.7. The van der Waals surface area contributed by atoms with Gasteiger partial charge in [-0.05, 0) is 37.6 Å². The van der Waals surface area contributed by atoms with Crippen molar-refractivity contribution in [2.75, 3.05) is 20.6 Å². The molecule has 0 aliphatic heterocycles. The van der Waals surface area contributed by atoms with E-state index >= 15 is 0 Å². The van der Waals surface area contributed by atoms with E-state index in [1.54, 1.807) is 0 Å². The van der Waals surface area contributed by atoms with Gasteiger partial charge >= 0.3 is 0 Å². The lowest BCUT2D eigenvalue weighted by Crippen LogP contribution is -2.40. The Morgan fingerprint density at radius 1 is 1.17 bits per heavy atom. The molecule has 0 radical (unpaired) electrons. The van der Waals surface area contributed by atoms with Crippen LogP contribution >= 0.6 is 0 Å². The van der Waals surface area contributed by atoms with Gasteiger partial charge in [-0.2, -0.15) is 0 Å². The van der Waals surface area contributed by atoms with Crippen molar-refractivity contribution in [3.63, 3.8) is 0 Å². The summed E-state index contributed by atoms with van der Waals surface area (Å²) in [7, 11) is -0.651. The molecule has 0 saturated heterocycles. The molecule has 8 heteroatoms. The maximum absolute atomic E-state index is 11.9. The topological polar surface area (TPSA) is 95.6 Å². The molecule has 2 N–H and O–H groups in total. The van der Waals surface area contributed by atoms with Crippen LogP contribution in [0.5, 0.6) is 0 Å². The molecule has 1 aromatic carbocycles. The van der Waals surface area contributed by atoms with Gasteiger partial charge in [0.05, 0.1) is 11.4 Å². The number of sulfonamides is 1. The number of benzene rings is 1. The molecule has 0 aliphatic carbocycles. The second-order valence-corrected chi connectivity index (χ2v) is 7.52. The summed E-state index contributed by atoms with van der Waals surface area (Å²) in [5.41, 5.74) is 0.291. The minimum Gasteiger partial charge on any atom is -0.352 e. The maximum Gasteiger partial charge on any atom is 0.251 e. The summed E-state index contributed by atoms with van der Waals surface area (Å²) < 4.78 is 25.0. The average Bonchev–Trinajstić information content (AvgIpc) is 2.52. The van der Waals surface area contributed by atoms with Crippen LogP contribution in [-0.2, 0) is 14.8 Å². The van der Waals surface area contributed by atoms with Crippen LogP contribution < -0.4 is 10.6 Å². The van der Waals surface area contributed by atoms with Gasteiger partial charge < -0.3 is 10.6 Å². The van der Waals surface area contributed by atoms with Crippen LogP contribution in [0.1, 0.15) is 30.6 Å². The Morgan fingerprint density at radius 2 is 1.74 bits per heavy atom. The zero-order valence-corrected chi connectivity index (χ0v) is 14.6. The Kier molecular flexibility index (Phi) is 6.71. The molecule has 128 valence electrons. The lowest BCUT2D eigenvalue weighted by molar-refractivity contribution is -0.120. The molecule has 0 aromatic heterocycles. The van der Waals surface area contributed by atoms with Gasteiger partial charge in [0.1, 0.15) is 0 Å². The fraction of sp³-hybridized carbons (Fsp3) is 0.467. The van der Waals surface area contributed by atoms with Gasteiger partial charge in [0.15, 0.2) is 0 Å². The van der Waals surface area contributed by atoms with E-state index in [2.05, 4.69) is 10.6 Å². The van der Waals surface area contributed by atoms with Crippen molar-refractivity contribution in [2.45, 2.75) is 31.2 Å². The van der Waals surface area contributed by atoms with Crippen LogP contribution in [0, 0.1) is 0 Å². The molecule has 0 saturated carbocycles. The molecule has 0 bridgehead atoms. The number of amides is 2.